The zero-order chi connectivity index (χ0) is 17.4. The summed E-state index contributed by atoms with van der Waals surface area (Å²) < 4.78 is 13.9. The molecule has 3 atom stereocenters. The number of carbonyl (C=O) groups is 1. The number of fused-ring (bicyclic) bond motifs is 1. The number of aryl methyl sites for hydroxylation is 1. The van der Waals surface area contributed by atoms with Crippen LogP contribution in [0.1, 0.15) is 38.1 Å². The van der Waals surface area contributed by atoms with Crippen LogP contribution in [0.4, 0.5) is 15.9 Å². The topological polar surface area (TPSA) is 58.1 Å². The number of nitrogens with zero attached hydrogens (tertiary/aromatic N) is 3. The van der Waals surface area contributed by atoms with E-state index in [1.165, 1.54) is 19.1 Å². The van der Waals surface area contributed by atoms with Gasteiger partial charge in [0.25, 0.3) is 0 Å². The molecule has 24 heavy (non-hydrogen) atoms. The van der Waals surface area contributed by atoms with Crippen molar-refractivity contribution in [2.24, 2.45) is 5.92 Å². The summed E-state index contributed by atoms with van der Waals surface area (Å²) in [7, 11) is 0. The number of nitrogens with one attached hydrogen (secondary N) is 1. The molecule has 5 nitrogen and oxygen atoms in total. The van der Waals surface area contributed by atoms with Crippen LogP contribution in [0.15, 0.2) is 30.6 Å². The molecule has 1 aromatic carbocycles. The Morgan fingerprint density at radius 2 is 2.00 bits per heavy atom. The molecule has 1 aliphatic heterocycles. The molecule has 0 fully saturated rings. The number of rotatable bonds is 2. The van der Waals surface area contributed by atoms with Gasteiger partial charge in [0.2, 0.25) is 5.91 Å². The predicted molar refractivity (Wildman–Crippen MR) is 91.3 cm³/mol. The molecule has 1 unspecified atom stereocenters. The van der Waals surface area contributed by atoms with Crippen molar-refractivity contribution < 1.29 is 9.18 Å². The lowest BCUT2D eigenvalue weighted by Crippen LogP contribution is -2.48. The molecule has 2 heterocycles. The average Bonchev–Trinajstić information content (AvgIpc) is 2.54. The van der Waals surface area contributed by atoms with Crippen LogP contribution in [0.25, 0.3) is 0 Å². The van der Waals surface area contributed by atoms with Crippen LogP contribution < -0.4 is 10.2 Å². The second-order valence-corrected chi connectivity index (χ2v) is 6.36. The first-order valence-electron chi connectivity index (χ1n) is 8.03. The van der Waals surface area contributed by atoms with Crippen molar-refractivity contribution in [1.29, 1.82) is 0 Å². The molecule has 6 heteroatoms. The highest BCUT2D eigenvalue weighted by Gasteiger charge is 2.38. The van der Waals surface area contributed by atoms with Crippen molar-refractivity contribution in [3.63, 3.8) is 0 Å². The van der Waals surface area contributed by atoms with E-state index in [9.17, 15) is 9.18 Å². The lowest BCUT2D eigenvalue weighted by Gasteiger charge is -2.43. The molecule has 0 spiro atoms. The van der Waals surface area contributed by atoms with Gasteiger partial charge in [0, 0.05) is 30.1 Å². The van der Waals surface area contributed by atoms with Crippen LogP contribution in [0.5, 0.6) is 0 Å². The van der Waals surface area contributed by atoms with Gasteiger partial charge in [0.1, 0.15) is 11.6 Å². The van der Waals surface area contributed by atoms with Gasteiger partial charge in [-0.05, 0) is 32.0 Å². The fourth-order valence-electron chi connectivity index (χ4n) is 3.30. The van der Waals surface area contributed by atoms with E-state index in [4.69, 9.17) is 0 Å². The zero-order valence-electron chi connectivity index (χ0n) is 14.2. The summed E-state index contributed by atoms with van der Waals surface area (Å²) in [6.07, 6.45) is 3.36. The first kappa shape index (κ1) is 16.4. The minimum absolute atomic E-state index is 0.0173. The van der Waals surface area contributed by atoms with E-state index in [0.29, 0.717) is 5.82 Å². The van der Waals surface area contributed by atoms with Crippen molar-refractivity contribution >= 4 is 17.4 Å². The summed E-state index contributed by atoms with van der Waals surface area (Å²) in [5.41, 5.74) is 2.34. The van der Waals surface area contributed by atoms with Crippen molar-refractivity contribution in [3.8, 4) is 0 Å². The second kappa shape index (κ2) is 6.19. The molecule has 1 N–H and O–H groups in total. The Labute approximate surface area is 140 Å². The van der Waals surface area contributed by atoms with E-state index in [1.54, 1.807) is 23.4 Å². The highest BCUT2D eigenvalue weighted by Crippen LogP contribution is 2.42. The third kappa shape index (κ3) is 2.84. The molecular formula is C18H21FN4O. The maximum absolute atomic E-state index is 13.9. The summed E-state index contributed by atoms with van der Waals surface area (Å²) in [5.74, 6) is 0.346. The second-order valence-electron chi connectivity index (χ2n) is 6.36. The average molecular weight is 328 g/mol. The maximum Gasteiger partial charge on any atom is 0.224 e. The molecule has 0 aliphatic carbocycles. The van der Waals surface area contributed by atoms with E-state index in [-0.39, 0.29) is 29.7 Å². The standard InChI is InChI=1S/C18H21FN4O/c1-10-8-21-17(9-20-10)22-18-11(2)12(3)23(13(4)24)16-6-5-14(19)7-15(16)18/h5-9,11-12,18H,1-4H3,(H,21,22)/t11-,12-,18?/m0/s1. The van der Waals surface area contributed by atoms with Crippen molar-refractivity contribution in [3.05, 3.63) is 47.7 Å². The normalized spacial score (nSPS) is 22.9. The lowest BCUT2D eigenvalue weighted by atomic mass is 9.82. The Bertz CT molecular complexity index is 762. The monoisotopic (exact) mass is 328 g/mol. The minimum atomic E-state index is -0.319. The number of hydrogen-bond donors (Lipinski definition) is 1. The van der Waals surface area contributed by atoms with E-state index in [2.05, 4.69) is 15.3 Å². The number of anilines is 2. The van der Waals surface area contributed by atoms with Gasteiger partial charge in [-0.1, -0.05) is 6.92 Å². The summed E-state index contributed by atoms with van der Waals surface area (Å²) in [6.45, 7) is 7.47. The molecule has 3 rings (SSSR count). The Morgan fingerprint density at radius 3 is 2.62 bits per heavy atom. The van der Waals surface area contributed by atoms with Crippen LogP contribution in [0.3, 0.4) is 0 Å². The quantitative estimate of drug-likeness (QED) is 0.917. The Kier molecular flexibility index (Phi) is 4.22. The Morgan fingerprint density at radius 1 is 1.25 bits per heavy atom. The van der Waals surface area contributed by atoms with Gasteiger partial charge in [0.05, 0.1) is 24.1 Å². The minimum Gasteiger partial charge on any atom is -0.362 e. The number of hydrogen-bond acceptors (Lipinski definition) is 4. The fraction of sp³-hybridized carbons (Fsp3) is 0.389. The lowest BCUT2D eigenvalue weighted by molar-refractivity contribution is -0.117. The highest BCUT2D eigenvalue weighted by molar-refractivity contribution is 5.93. The number of carbonyl (C=O) groups excluding carboxylic acids is 1. The third-order valence-electron chi connectivity index (χ3n) is 4.70. The summed E-state index contributed by atoms with van der Waals surface area (Å²) in [5, 5.41) is 3.35. The van der Waals surface area contributed by atoms with Crippen molar-refractivity contribution in [2.75, 3.05) is 10.2 Å². The maximum atomic E-state index is 13.9. The van der Waals surface area contributed by atoms with Gasteiger partial charge in [-0.3, -0.25) is 9.78 Å². The van der Waals surface area contributed by atoms with Crippen molar-refractivity contribution in [2.45, 2.75) is 39.8 Å². The van der Waals surface area contributed by atoms with E-state index < -0.39 is 0 Å². The van der Waals surface area contributed by atoms with Gasteiger partial charge in [0.15, 0.2) is 0 Å². The van der Waals surface area contributed by atoms with Crippen LogP contribution in [-0.2, 0) is 4.79 Å². The number of amides is 1. The van der Waals surface area contributed by atoms with Gasteiger partial charge in [-0.25, -0.2) is 9.37 Å². The first-order valence-corrected chi connectivity index (χ1v) is 8.03. The molecular weight excluding hydrogens is 307 g/mol. The molecule has 0 saturated carbocycles. The summed E-state index contributed by atoms with van der Waals surface area (Å²) in [6, 6.07) is 4.38. The van der Waals surface area contributed by atoms with Gasteiger partial charge >= 0.3 is 0 Å². The number of aromatic nitrogens is 2. The Hall–Kier alpha value is -2.50. The first-order chi connectivity index (χ1) is 11.4. The fourth-order valence-corrected chi connectivity index (χ4v) is 3.30. The SMILES string of the molecule is CC(=O)N1c2ccc(F)cc2C(Nc2cnc(C)cn2)[C@@H](C)[C@@H]1C. The molecule has 2 aromatic rings. The van der Waals surface area contributed by atoms with Crippen LogP contribution in [0, 0.1) is 18.7 Å². The van der Waals surface area contributed by atoms with Gasteiger partial charge in [-0.15, -0.1) is 0 Å². The van der Waals surface area contributed by atoms with Gasteiger partial charge in [-0.2, -0.15) is 0 Å². The van der Waals surface area contributed by atoms with Crippen molar-refractivity contribution in [1.82, 2.24) is 9.97 Å². The third-order valence-corrected chi connectivity index (χ3v) is 4.70. The molecule has 1 amide bonds. The predicted octanol–water partition coefficient (Wildman–Crippen LogP) is 3.47. The van der Waals surface area contributed by atoms with Crippen LogP contribution >= 0.6 is 0 Å². The van der Waals surface area contributed by atoms with Crippen LogP contribution in [-0.4, -0.2) is 21.9 Å². The molecule has 1 aliphatic rings. The Balaban J connectivity index is 2.05. The van der Waals surface area contributed by atoms with Crippen LogP contribution in [0.2, 0.25) is 0 Å². The summed E-state index contributed by atoms with van der Waals surface area (Å²) in [4.78, 5) is 22.4. The molecule has 0 bridgehead atoms. The summed E-state index contributed by atoms with van der Waals surface area (Å²) >= 11 is 0. The molecule has 126 valence electrons. The smallest absolute Gasteiger partial charge is 0.224 e. The largest absolute Gasteiger partial charge is 0.362 e. The molecule has 0 saturated heterocycles. The molecule has 1 aromatic heterocycles. The van der Waals surface area contributed by atoms with E-state index >= 15 is 0 Å². The zero-order valence-corrected chi connectivity index (χ0v) is 14.2. The molecule has 0 radical (unpaired) electrons. The van der Waals surface area contributed by atoms with E-state index in [1.807, 2.05) is 20.8 Å². The highest BCUT2D eigenvalue weighted by atomic mass is 19.1. The van der Waals surface area contributed by atoms with E-state index in [0.717, 1.165) is 16.9 Å². The number of benzene rings is 1. The van der Waals surface area contributed by atoms with Gasteiger partial charge < -0.3 is 10.2 Å². The number of halogens is 1.